The minimum Gasteiger partial charge on any atom is -0.496 e. The molecule has 0 saturated heterocycles. The Morgan fingerprint density at radius 2 is 1.67 bits per heavy atom. The second kappa shape index (κ2) is 6.77. The van der Waals surface area contributed by atoms with E-state index in [0.29, 0.717) is 5.92 Å². The molecule has 2 aromatic rings. The number of benzene rings is 2. The average Bonchev–Trinajstić information content (AvgIpc) is 2.51. The van der Waals surface area contributed by atoms with Crippen molar-refractivity contribution in [2.24, 2.45) is 0 Å². The molecule has 0 spiro atoms. The second-order valence-electron chi connectivity index (χ2n) is 5.64. The lowest BCUT2D eigenvalue weighted by Crippen LogP contribution is -2.23. The standard InChI is InChI=1S/C19H25NO/c1-13-12-18(21-5)14(2)11-17(13)19(20-4)15(3)16-9-7-6-8-10-16/h6-12,15,19-20H,1-5H3. The molecule has 0 aliphatic rings. The van der Waals surface area contributed by atoms with Crippen molar-refractivity contribution < 1.29 is 4.74 Å². The summed E-state index contributed by atoms with van der Waals surface area (Å²) in [6.45, 7) is 6.52. The van der Waals surface area contributed by atoms with Gasteiger partial charge in [0.05, 0.1) is 7.11 Å². The van der Waals surface area contributed by atoms with E-state index in [1.165, 1.54) is 22.3 Å². The van der Waals surface area contributed by atoms with Gasteiger partial charge in [0.2, 0.25) is 0 Å². The van der Waals surface area contributed by atoms with Crippen molar-refractivity contribution in [2.45, 2.75) is 32.7 Å². The van der Waals surface area contributed by atoms with E-state index >= 15 is 0 Å². The largest absolute Gasteiger partial charge is 0.496 e. The third-order valence-corrected chi connectivity index (χ3v) is 4.25. The fourth-order valence-corrected chi connectivity index (χ4v) is 2.99. The lowest BCUT2D eigenvalue weighted by Gasteiger charge is -2.27. The maximum Gasteiger partial charge on any atom is 0.122 e. The van der Waals surface area contributed by atoms with Crippen LogP contribution in [0.15, 0.2) is 42.5 Å². The summed E-state index contributed by atoms with van der Waals surface area (Å²) in [5, 5.41) is 3.48. The molecule has 1 N–H and O–H groups in total. The third-order valence-electron chi connectivity index (χ3n) is 4.25. The van der Waals surface area contributed by atoms with Crippen molar-refractivity contribution >= 4 is 0 Å². The van der Waals surface area contributed by atoms with Crippen LogP contribution in [0.2, 0.25) is 0 Å². The molecule has 2 aromatic carbocycles. The average molecular weight is 283 g/mol. The van der Waals surface area contributed by atoms with Crippen molar-refractivity contribution in [3.8, 4) is 5.75 Å². The van der Waals surface area contributed by atoms with Crippen LogP contribution in [-0.4, -0.2) is 14.2 Å². The molecule has 2 nitrogen and oxygen atoms in total. The highest BCUT2D eigenvalue weighted by Gasteiger charge is 2.21. The summed E-state index contributed by atoms with van der Waals surface area (Å²) in [7, 11) is 3.76. The summed E-state index contributed by atoms with van der Waals surface area (Å²) < 4.78 is 5.42. The van der Waals surface area contributed by atoms with Gasteiger partial charge in [0, 0.05) is 12.0 Å². The summed E-state index contributed by atoms with van der Waals surface area (Å²) in [5.74, 6) is 1.36. The molecule has 0 saturated carbocycles. The molecular formula is C19H25NO. The van der Waals surface area contributed by atoms with Crippen molar-refractivity contribution in [3.05, 3.63) is 64.7 Å². The molecule has 0 heterocycles. The Morgan fingerprint density at radius 1 is 1.00 bits per heavy atom. The van der Waals surface area contributed by atoms with Crippen molar-refractivity contribution in [1.82, 2.24) is 5.32 Å². The van der Waals surface area contributed by atoms with Crippen LogP contribution in [0, 0.1) is 13.8 Å². The first-order valence-corrected chi connectivity index (χ1v) is 7.45. The Balaban J connectivity index is 2.40. The van der Waals surface area contributed by atoms with E-state index < -0.39 is 0 Å². The topological polar surface area (TPSA) is 21.3 Å². The smallest absolute Gasteiger partial charge is 0.122 e. The zero-order valence-corrected chi connectivity index (χ0v) is 13.6. The number of hydrogen-bond donors (Lipinski definition) is 1. The molecule has 21 heavy (non-hydrogen) atoms. The summed E-state index contributed by atoms with van der Waals surface area (Å²) in [4.78, 5) is 0. The summed E-state index contributed by atoms with van der Waals surface area (Å²) >= 11 is 0. The van der Waals surface area contributed by atoms with Crippen LogP contribution in [0.3, 0.4) is 0 Å². The van der Waals surface area contributed by atoms with E-state index in [9.17, 15) is 0 Å². The van der Waals surface area contributed by atoms with E-state index in [1.54, 1.807) is 7.11 Å². The normalized spacial score (nSPS) is 13.8. The van der Waals surface area contributed by atoms with E-state index in [1.807, 2.05) is 7.05 Å². The van der Waals surface area contributed by atoms with Crippen LogP contribution in [0.4, 0.5) is 0 Å². The van der Waals surface area contributed by atoms with E-state index in [4.69, 9.17) is 4.74 Å². The van der Waals surface area contributed by atoms with Crippen LogP contribution < -0.4 is 10.1 Å². The first kappa shape index (κ1) is 15.6. The summed E-state index contributed by atoms with van der Waals surface area (Å²) in [6.07, 6.45) is 0. The zero-order chi connectivity index (χ0) is 15.4. The Hall–Kier alpha value is -1.80. The molecule has 0 radical (unpaired) electrons. The quantitative estimate of drug-likeness (QED) is 0.879. The maximum absolute atomic E-state index is 5.42. The number of nitrogens with one attached hydrogen (secondary N) is 1. The third kappa shape index (κ3) is 3.27. The van der Waals surface area contributed by atoms with Crippen molar-refractivity contribution in [2.75, 3.05) is 14.2 Å². The Labute approximate surface area is 128 Å². The van der Waals surface area contributed by atoms with Gasteiger partial charge in [-0.15, -0.1) is 0 Å². The van der Waals surface area contributed by atoms with Crippen molar-refractivity contribution in [3.63, 3.8) is 0 Å². The van der Waals surface area contributed by atoms with Gasteiger partial charge in [0.25, 0.3) is 0 Å². The second-order valence-corrected chi connectivity index (χ2v) is 5.64. The van der Waals surface area contributed by atoms with Crippen LogP contribution in [0.1, 0.15) is 41.1 Å². The molecule has 0 aliphatic carbocycles. The van der Waals surface area contributed by atoms with E-state index in [-0.39, 0.29) is 6.04 Å². The van der Waals surface area contributed by atoms with Crippen LogP contribution in [-0.2, 0) is 0 Å². The minimum atomic E-state index is 0.289. The lowest BCUT2D eigenvalue weighted by molar-refractivity contribution is 0.410. The number of hydrogen-bond acceptors (Lipinski definition) is 2. The number of ether oxygens (including phenoxy) is 1. The molecule has 0 aromatic heterocycles. The van der Waals surface area contributed by atoms with Gasteiger partial charge in [0.15, 0.2) is 0 Å². The highest BCUT2D eigenvalue weighted by molar-refractivity contribution is 5.44. The van der Waals surface area contributed by atoms with Gasteiger partial charge in [-0.3, -0.25) is 0 Å². The predicted octanol–water partition coefficient (Wildman–Crippen LogP) is 4.38. The molecule has 0 fully saturated rings. The molecule has 2 atom stereocenters. The molecule has 2 heteroatoms. The van der Waals surface area contributed by atoms with Gasteiger partial charge in [-0.2, -0.15) is 0 Å². The fourth-order valence-electron chi connectivity index (χ4n) is 2.99. The SMILES string of the molecule is CNC(c1cc(C)c(OC)cc1C)C(C)c1ccccc1. The molecular weight excluding hydrogens is 258 g/mol. The van der Waals surface area contributed by atoms with Crippen LogP contribution in [0.5, 0.6) is 5.75 Å². The van der Waals surface area contributed by atoms with E-state index in [2.05, 4.69) is 68.6 Å². The van der Waals surface area contributed by atoms with Crippen molar-refractivity contribution in [1.29, 1.82) is 0 Å². The van der Waals surface area contributed by atoms with Gasteiger partial charge >= 0.3 is 0 Å². The molecule has 0 amide bonds. The van der Waals surface area contributed by atoms with Crippen LogP contribution in [0.25, 0.3) is 0 Å². The monoisotopic (exact) mass is 283 g/mol. The highest BCUT2D eigenvalue weighted by atomic mass is 16.5. The van der Waals surface area contributed by atoms with Gasteiger partial charge < -0.3 is 10.1 Å². The van der Waals surface area contributed by atoms with Crippen LogP contribution >= 0.6 is 0 Å². The van der Waals surface area contributed by atoms with Gasteiger partial charge in [-0.25, -0.2) is 0 Å². The summed E-state index contributed by atoms with van der Waals surface area (Å²) in [6, 6.07) is 15.3. The number of methoxy groups -OCH3 is 1. The zero-order valence-electron chi connectivity index (χ0n) is 13.6. The number of likely N-dealkylation sites (N-methyl/N-ethyl adjacent to an activating group) is 1. The first-order chi connectivity index (χ1) is 10.1. The summed E-state index contributed by atoms with van der Waals surface area (Å²) in [5.41, 5.74) is 5.13. The molecule has 0 aliphatic heterocycles. The van der Waals surface area contributed by atoms with Gasteiger partial charge in [-0.05, 0) is 49.2 Å². The maximum atomic E-state index is 5.42. The number of rotatable bonds is 5. The van der Waals surface area contributed by atoms with Gasteiger partial charge in [0.1, 0.15) is 5.75 Å². The first-order valence-electron chi connectivity index (χ1n) is 7.45. The fraction of sp³-hybridized carbons (Fsp3) is 0.368. The minimum absolute atomic E-state index is 0.289. The Morgan fingerprint density at radius 3 is 2.24 bits per heavy atom. The Kier molecular flexibility index (Phi) is 5.03. The molecule has 2 unspecified atom stereocenters. The lowest BCUT2D eigenvalue weighted by atomic mass is 9.86. The Bertz CT molecular complexity index is 592. The predicted molar refractivity (Wildman–Crippen MR) is 89.1 cm³/mol. The molecule has 2 rings (SSSR count). The van der Waals surface area contributed by atoms with Gasteiger partial charge in [-0.1, -0.05) is 43.3 Å². The highest BCUT2D eigenvalue weighted by Crippen LogP contribution is 2.34. The number of aryl methyl sites for hydroxylation is 2. The molecule has 112 valence electrons. The molecule has 0 bridgehead atoms. The van der Waals surface area contributed by atoms with E-state index in [0.717, 1.165) is 5.75 Å².